The molecular weight excluding hydrogens is 182 g/mol. The summed E-state index contributed by atoms with van der Waals surface area (Å²) in [5.74, 6) is 0. The van der Waals surface area contributed by atoms with Crippen molar-refractivity contribution in [1.82, 2.24) is 4.37 Å². The Hall–Kier alpha value is -0.930. The highest BCUT2D eigenvalue weighted by Gasteiger charge is 2.15. The molecular formula is C10H11NOS. The van der Waals surface area contributed by atoms with Crippen molar-refractivity contribution in [3.63, 3.8) is 0 Å². The predicted octanol–water partition coefficient (Wildman–Crippen LogP) is 2.52. The van der Waals surface area contributed by atoms with Crippen LogP contribution >= 0.6 is 11.5 Å². The first-order valence-electron chi connectivity index (χ1n) is 4.15. The SMILES string of the molecule is CC(C)(O)c1ccc2cnsc2c1. The average molecular weight is 193 g/mol. The molecule has 0 saturated heterocycles. The first-order chi connectivity index (χ1) is 6.07. The maximum atomic E-state index is 9.77. The Morgan fingerprint density at radius 3 is 2.85 bits per heavy atom. The fourth-order valence-electron chi connectivity index (χ4n) is 1.24. The lowest BCUT2D eigenvalue weighted by atomic mass is 9.98. The monoisotopic (exact) mass is 193 g/mol. The standard InChI is InChI=1S/C10H11NOS/c1-10(2,12)8-4-3-7-6-11-13-9(7)5-8/h3-6,12H,1-2H3. The van der Waals surface area contributed by atoms with Gasteiger partial charge < -0.3 is 5.11 Å². The molecule has 2 rings (SSSR count). The van der Waals surface area contributed by atoms with E-state index in [9.17, 15) is 5.11 Å². The van der Waals surface area contributed by atoms with Crippen molar-refractivity contribution < 1.29 is 5.11 Å². The van der Waals surface area contributed by atoms with Crippen molar-refractivity contribution in [2.75, 3.05) is 0 Å². The molecule has 2 aromatic rings. The second kappa shape index (κ2) is 2.79. The van der Waals surface area contributed by atoms with E-state index in [4.69, 9.17) is 0 Å². The van der Waals surface area contributed by atoms with Crippen molar-refractivity contribution in [2.45, 2.75) is 19.4 Å². The van der Waals surface area contributed by atoms with Crippen LogP contribution < -0.4 is 0 Å². The first kappa shape index (κ1) is 8.66. The summed E-state index contributed by atoms with van der Waals surface area (Å²) < 4.78 is 5.21. The maximum Gasteiger partial charge on any atom is 0.0841 e. The van der Waals surface area contributed by atoms with Crippen LogP contribution in [0.4, 0.5) is 0 Å². The van der Waals surface area contributed by atoms with Crippen molar-refractivity contribution in [1.29, 1.82) is 0 Å². The van der Waals surface area contributed by atoms with E-state index in [1.807, 2.05) is 24.4 Å². The molecule has 1 heterocycles. The summed E-state index contributed by atoms with van der Waals surface area (Å²) in [6, 6.07) is 5.93. The highest BCUT2D eigenvalue weighted by Crippen LogP contribution is 2.25. The fraction of sp³-hybridized carbons (Fsp3) is 0.300. The maximum absolute atomic E-state index is 9.77. The van der Waals surface area contributed by atoms with E-state index in [0.717, 1.165) is 15.6 Å². The van der Waals surface area contributed by atoms with E-state index in [1.54, 1.807) is 13.8 Å². The Labute approximate surface area is 81.0 Å². The van der Waals surface area contributed by atoms with Crippen LogP contribution in [0.15, 0.2) is 24.4 Å². The molecule has 68 valence electrons. The van der Waals surface area contributed by atoms with Crippen molar-refractivity contribution in [3.8, 4) is 0 Å². The minimum atomic E-state index is -0.766. The lowest BCUT2D eigenvalue weighted by Gasteiger charge is -2.17. The Morgan fingerprint density at radius 1 is 1.38 bits per heavy atom. The zero-order valence-electron chi connectivity index (χ0n) is 7.61. The number of hydrogen-bond donors (Lipinski definition) is 1. The smallest absolute Gasteiger partial charge is 0.0841 e. The predicted molar refractivity (Wildman–Crippen MR) is 54.9 cm³/mol. The molecule has 0 aliphatic rings. The van der Waals surface area contributed by atoms with Crippen LogP contribution in [-0.2, 0) is 5.60 Å². The van der Waals surface area contributed by atoms with Gasteiger partial charge in [-0.3, -0.25) is 0 Å². The zero-order chi connectivity index (χ0) is 9.47. The second-order valence-corrected chi connectivity index (χ2v) is 4.47. The molecule has 0 unspecified atom stereocenters. The lowest BCUT2D eigenvalue weighted by Crippen LogP contribution is -2.14. The van der Waals surface area contributed by atoms with Gasteiger partial charge in [-0.25, -0.2) is 0 Å². The van der Waals surface area contributed by atoms with Crippen LogP contribution in [0.3, 0.4) is 0 Å². The Bertz CT molecular complexity index is 428. The fourth-order valence-corrected chi connectivity index (χ4v) is 1.93. The highest BCUT2D eigenvalue weighted by atomic mass is 32.1. The third kappa shape index (κ3) is 1.57. The van der Waals surface area contributed by atoms with Crippen molar-refractivity contribution in [2.24, 2.45) is 0 Å². The van der Waals surface area contributed by atoms with Gasteiger partial charge in [-0.15, -0.1) is 0 Å². The molecule has 0 radical (unpaired) electrons. The Morgan fingerprint density at radius 2 is 2.15 bits per heavy atom. The summed E-state index contributed by atoms with van der Waals surface area (Å²) in [6.45, 7) is 3.57. The van der Waals surface area contributed by atoms with Crippen LogP contribution in [0.2, 0.25) is 0 Å². The molecule has 0 amide bonds. The molecule has 0 atom stereocenters. The summed E-state index contributed by atoms with van der Waals surface area (Å²) in [4.78, 5) is 0. The molecule has 0 aliphatic carbocycles. The van der Waals surface area contributed by atoms with Crippen LogP contribution in [0, 0.1) is 0 Å². The third-order valence-electron chi connectivity index (χ3n) is 2.06. The highest BCUT2D eigenvalue weighted by molar-refractivity contribution is 7.13. The van der Waals surface area contributed by atoms with E-state index in [2.05, 4.69) is 4.37 Å². The van der Waals surface area contributed by atoms with Gasteiger partial charge in [-0.05, 0) is 37.0 Å². The molecule has 0 bridgehead atoms. The summed E-state index contributed by atoms with van der Waals surface area (Å²) in [6.07, 6.45) is 1.84. The van der Waals surface area contributed by atoms with Gasteiger partial charge in [0.2, 0.25) is 0 Å². The van der Waals surface area contributed by atoms with Gasteiger partial charge in [-0.1, -0.05) is 12.1 Å². The van der Waals surface area contributed by atoms with Crippen molar-refractivity contribution >= 4 is 21.6 Å². The molecule has 0 aliphatic heterocycles. The van der Waals surface area contributed by atoms with Gasteiger partial charge in [-0.2, -0.15) is 4.37 Å². The van der Waals surface area contributed by atoms with E-state index < -0.39 is 5.60 Å². The average Bonchev–Trinajstić information content (AvgIpc) is 2.47. The van der Waals surface area contributed by atoms with Gasteiger partial charge in [0, 0.05) is 11.6 Å². The summed E-state index contributed by atoms with van der Waals surface area (Å²) in [5.41, 5.74) is 0.169. The molecule has 2 nitrogen and oxygen atoms in total. The molecule has 1 aromatic heterocycles. The Balaban J connectivity index is 2.61. The quantitative estimate of drug-likeness (QED) is 0.755. The largest absolute Gasteiger partial charge is 0.386 e. The van der Waals surface area contributed by atoms with Crippen LogP contribution in [0.1, 0.15) is 19.4 Å². The van der Waals surface area contributed by atoms with E-state index in [-0.39, 0.29) is 0 Å². The number of aromatic nitrogens is 1. The van der Waals surface area contributed by atoms with Crippen molar-refractivity contribution in [3.05, 3.63) is 30.0 Å². The molecule has 1 aromatic carbocycles. The summed E-state index contributed by atoms with van der Waals surface area (Å²) in [7, 11) is 0. The number of fused-ring (bicyclic) bond motifs is 1. The van der Waals surface area contributed by atoms with E-state index in [0.29, 0.717) is 0 Å². The van der Waals surface area contributed by atoms with Gasteiger partial charge in [0.25, 0.3) is 0 Å². The number of hydrogen-bond acceptors (Lipinski definition) is 3. The molecule has 1 N–H and O–H groups in total. The van der Waals surface area contributed by atoms with Gasteiger partial charge >= 0.3 is 0 Å². The molecule has 3 heteroatoms. The topological polar surface area (TPSA) is 33.1 Å². The minimum absolute atomic E-state index is 0.766. The third-order valence-corrected chi connectivity index (χ3v) is 2.82. The molecule has 0 saturated carbocycles. The summed E-state index contributed by atoms with van der Waals surface area (Å²) >= 11 is 1.46. The van der Waals surface area contributed by atoms with Crippen LogP contribution in [0.25, 0.3) is 10.1 Å². The van der Waals surface area contributed by atoms with Crippen LogP contribution in [-0.4, -0.2) is 9.48 Å². The number of aliphatic hydroxyl groups is 1. The molecule has 0 spiro atoms. The van der Waals surface area contributed by atoms with Gasteiger partial charge in [0.05, 0.1) is 10.3 Å². The number of benzene rings is 1. The normalized spacial score (nSPS) is 12.2. The first-order valence-corrected chi connectivity index (χ1v) is 4.92. The minimum Gasteiger partial charge on any atom is -0.386 e. The number of nitrogens with zero attached hydrogens (tertiary/aromatic N) is 1. The molecule has 13 heavy (non-hydrogen) atoms. The van der Waals surface area contributed by atoms with Gasteiger partial charge in [0.15, 0.2) is 0 Å². The Kier molecular flexibility index (Phi) is 1.86. The van der Waals surface area contributed by atoms with Gasteiger partial charge in [0.1, 0.15) is 0 Å². The summed E-state index contributed by atoms with van der Waals surface area (Å²) in [5, 5.41) is 10.9. The van der Waals surface area contributed by atoms with E-state index in [1.165, 1.54) is 11.5 Å². The second-order valence-electron chi connectivity index (χ2n) is 3.64. The lowest BCUT2D eigenvalue weighted by molar-refractivity contribution is 0.0787. The van der Waals surface area contributed by atoms with E-state index >= 15 is 0 Å². The number of rotatable bonds is 1. The van der Waals surface area contributed by atoms with Crippen LogP contribution in [0.5, 0.6) is 0 Å². The zero-order valence-corrected chi connectivity index (χ0v) is 8.43. The molecule has 0 fully saturated rings.